The van der Waals surface area contributed by atoms with Crippen molar-refractivity contribution in [1.82, 2.24) is 19.6 Å². The highest BCUT2D eigenvalue weighted by Gasteiger charge is 2.46. The summed E-state index contributed by atoms with van der Waals surface area (Å²) in [6.45, 7) is 4.68. The molecule has 2 aromatic heterocycles. The first kappa shape index (κ1) is 14.9. The molecule has 0 N–H and O–H groups in total. The largest absolute Gasteiger partial charge is 0.340 e. The molecular formula is C17H22N4OS. The molecule has 0 aromatic carbocycles. The van der Waals surface area contributed by atoms with Crippen molar-refractivity contribution in [3.05, 3.63) is 40.3 Å². The fourth-order valence-corrected chi connectivity index (χ4v) is 4.13. The van der Waals surface area contributed by atoms with Crippen LogP contribution in [0.4, 0.5) is 0 Å². The number of carbonyl (C=O) groups is 1. The number of thiophene rings is 1. The van der Waals surface area contributed by atoms with E-state index in [1.807, 2.05) is 24.1 Å². The summed E-state index contributed by atoms with van der Waals surface area (Å²) in [6, 6.07) is 2.19. The van der Waals surface area contributed by atoms with Crippen LogP contribution in [0.2, 0.25) is 0 Å². The maximum Gasteiger partial charge on any atom is 0.226 e. The van der Waals surface area contributed by atoms with E-state index >= 15 is 0 Å². The number of amides is 1. The Bertz CT molecular complexity index is 673. The van der Waals surface area contributed by atoms with Crippen LogP contribution in [0.1, 0.15) is 23.5 Å². The Labute approximate surface area is 140 Å². The summed E-state index contributed by atoms with van der Waals surface area (Å²) < 4.78 is 1.82. The first-order chi connectivity index (χ1) is 11.2. The number of hydrogen-bond donors (Lipinski definition) is 0. The van der Waals surface area contributed by atoms with Crippen LogP contribution in [0.3, 0.4) is 0 Å². The summed E-state index contributed by atoms with van der Waals surface area (Å²) in [6.07, 6.45) is 4.92. The van der Waals surface area contributed by atoms with Crippen LogP contribution in [0.25, 0.3) is 0 Å². The van der Waals surface area contributed by atoms with E-state index < -0.39 is 0 Å². The standard InChI is InChI=1S/C17H22N4OS/c1-19-11-14(9-18-19)15-8-16(15)17(22)21-5-3-20(4-6-21)10-13-2-7-23-12-13/h2,7,9,11-12,15-16H,3-6,8,10H2,1H3/t15-,16-/m0/s1. The molecule has 5 nitrogen and oxygen atoms in total. The fourth-order valence-electron chi connectivity index (χ4n) is 3.47. The fraction of sp³-hybridized carbons (Fsp3) is 0.529. The van der Waals surface area contributed by atoms with Crippen molar-refractivity contribution in [2.75, 3.05) is 26.2 Å². The lowest BCUT2D eigenvalue weighted by molar-refractivity contribution is -0.134. The first-order valence-electron chi connectivity index (χ1n) is 8.21. The van der Waals surface area contributed by atoms with E-state index in [1.165, 1.54) is 11.1 Å². The summed E-state index contributed by atoms with van der Waals surface area (Å²) in [5.41, 5.74) is 2.59. The third kappa shape index (κ3) is 3.19. The molecule has 1 aliphatic carbocycles. The molecule has 2 atom stereocenters. The van der Waals surface area contributed by atoms with Gasteiger partial charge in [0, 0.05) is 51.9 Å². The van der Waals surface area contributed by atoms with E-state index in [2.05, 4.69) is 31.7 Å². The molecule has 0 unspecified atom stereocenters. The van der Waals surface area contributed by atoms with Gasteiger partial charge in [0.15, 0.2) is 0 Å². The zero-order valence-electron chi connectivity index (χ0n) is 13.4. The highest BCUT2D eigenvalue weighted by Crippen LogP contribution is 2.48. The quantitative estimate of drug-likeness (QED) is 0.860. The first-order valence-corrected chi connectivity index (χ1v) is 9.16. The van der Waals surface area contributed by atoms with Crippen molar-refractivity contribution in [2.45, 2.75) is 18.9 Å². The van der Waals surface area contributed by atoms with Gasteiger partial charge in [-0.3, -0.25) is 14.4 Å². The SMILES string of the molecule is Cn1cc([C@@H]2C[C@@H]2C(=O)N2CCN(Cc3ccsc3)CC2)cn1. The predicted octanol–water partition coefficient (Wildman–Crippen LogP) is 1.93. The predicted molar refractivity (Wildman–Crippen MR) is 90.2 cm³/mol. The summed E-state index contributed by atoms with van der Waals surface area (Å²) in [5, 5.41) is 8.55. The second-order valence-electron chi connectivity index (χ2n) is 6.63. The maximum absolute atomic E-state index is 12.7. The molecule has 2 aromatic rings. The van der Waals surface area contributed by atoms with Crippen molar-refractivity contribution in [3.63, 3.8) is 0 Å². The van der Waals surface area contributed by atoms with E-state index in [0.29, 0.717) is 11.8 Å². The summed E-state index contributed by atoms with van der Waals surface area (Å²) in [7, 11) is 1.93. The lowest BCUT2D eigenvalue weighted by Crippen LogP contribution is -2.48. The third-order valence-electron chi connectivity index (χ3n) is 4.93. The normalized spacial score (nSPS) is 24.8. The molecule has 6 heteroatoms. The molecule has 23 heavy (non-hydrogen) atoms. The van der Waals surface area contributed by atoms with Crippen LogP contribution in [0, 0.1) is 5.92 Å². The molecule has 2 fully saturated rings. The second-order valence-corrected chi connectivity index (χ2v) is 7.41. The topological polar surface area (TPSA) is 41.4 Å². The van der Waals surface area contributed by atoms with Crippen LogP contribution >= 0.6 is 11.3 Å². The average Bonchev–Trinajstić information content (AvgIpc) is 2.96. The number of aromatic nitrogens is 2. The van der Waals surface area contributed by atoms with Gasteiger partial charge in [-0.1, -0.05) is 0 Å². The Morgan fingerprint density at radius 2 is 2.17 bits per heavy atom. The van der Waals surface area contributed by atoms with Gasteiger partial charge in [-0.15, -0.1) is 0 Å². The summed E-state index contributed by atoms with van der Waals surface area (Å²) in [4.78, 5) is 17.2. The Kier molecular flexibility index (Phi) is 3.95. The lowest BCUT2D eigenvalue weighted by Gasteiger charge is -2.34. The molecule has 1 saturated carbocycles. The van der Waals surface area contributed by atoms with E-state index in [0.717, 1.165) is 39.1 Å². The van der Waals surface area contributed by atoms with Gasteiger partial charge in [-0.2, -0.15) is 16.4 Å². The molecule has 0 bridgehead atoms. The van der Waals surface area contributed by atoms with Gasteiger partial charge in [0.2, 0.25) is 5.91 Å². The Hall–Kier alpha value is -1.66. The molecule has 0 spiro atoms. The Morgan fingerprint density at radius 1 is 1.35 bits per heavy atom. The number of hydrogen-bond acceptors (Lipinski definition) is 4. The molecule has 122 valence electrons. The van der Waals surface area contributed by atoms with Crippen LogP contribution < -0.4 is 0 Å². The van der Waals surface area contributed by atoms with Crippen molar-refractivity contribution >= 4 is 17.2 Å². The van der Waals surface area contributed by atoms with Gasteiger partial charge in [-0.05, 0) is 40.3 Å². The second kappa shape index (κ2) is 6.09. The number of nitrogens with zero attached hydrogens (tertiary/aromatic N) is 4. The van der Waals surface area contributed by atoms with Gasteiger partial charge >= 0.3 is 0 Å². The number of carbonyl (C=O) groups excluding carboxylic acids is 1. The molecule has 4 rings (SSSR count). The highest BCUT2D eigenvalue weighted by molar-refractivity contribution is 7.07. The lowest BCUT2D eigenvalue weighted by atomic mass is 10.1. The summed E-state index contributed by atoms with van der Waals surface area (Å²) >= 11 is 1.75. The maximum atomic E-state index is 12.7. The highest BCUT2D eigenvalue weighted by atomic mass is 32.1. The van der Waals surface area contributed by atoms with Gasteiger partial charge in [-0.25, -0.2) is 0 Å². The molecule has 1 amide bonds. The number of aryl methyl sites for hydroxylation is 1. The molecule has 1 saturated heterocycles. The number of piperazine rings is 1. The van der Waals surface area contributed by atoms with E-state index in [4.69, 9.17) is 0 Å². The van der Waals surface area contributed by atoms with Crippen LogP contribution in [-0.2, 0) is 18.4 Å². The third-order valence-corrected chi connectivity index (χ3v) is 5.66. The zero-order chi connectivity index (χ0) is 15.8. The smallest absolute Gasteiger partial charge is 0.226 e. The van der Waals surface area contributed by atoms with Crippen LogP contribution in [-0.4, -0.2) is 51.7 Å². The minimum absolute atomic E-state index is 0.183. The average molecular weight is 330 g/mol. The van der Waals surface area contributed by atoms with Crippen LogP contribution in [0.15, 0.2) is 29.2 Å². The van der Waals surface area contributed by atoms with Gasteiger partial charge in [0.25, 0.3) is 0 Å². The minimum Gasteiger partial charge on any atom is -0.340 e. The van der Waals surface area contributed by atoms with Gasteiger partial charge in [0.1, 0.15) is 0 Å². The van der Waals surface area contributed by atoms with E-state index in [1.54, 1.807) is 11.3 Å². The zero-order valence-corrected chi connectivity index (χ0v) is 14.2. The van der Waals surface area contributed by atoms with E-state index in [9.17, 15) is 4.79 Å². The van der Waals surface area contributed by atoms with Crippen LogP contribution in [0.5, 0.6) is 0 Å². The summed E-state index contributed by atoms with van der Waals surface area (Å²) in [5.74, 6) is 0.914. The Balaban J connectivity index is 1.28. The van der Waals surface area contributed by atoms with Gasteiger partial charge in [0.05, 0.1) is 6.20 Å². The van der Waals surface area contributed by atoms with Crippen molar-refractivity contribution < 1.29 is 4.79 Å². The molecular weight excluding hydrogens is 308 g/mol. The monoisotopic (exact) mass is 330 g/mol. The molecule has 3 heterocycles. The molecule has 1 aliphatic heterocycles. The minimum atomic E-state index is 0.183. The number of rotatable bonds is 4. The molecule has 0 radical (unpaired) electrons. The van der Waals surface area contributed by atoms with Crippen molar-refractivity contribution in [3.8, 4) is 0 Å². The van der Waals surface area contributed by atoms with E-state index in [-0.39, 0.29) is 5.92 Å². The molecule has 2 aliphatic rings. The van der Waals surface area contributed by atoms with Crippen molar-refractivity contribution in [2.24, 2.45) is 13.0 Å². The van der Waals surface area contributed by atoms with Crippen molar-refractivity contribution in [1.29, 1.82) is 0 Å². The van der Waals surface area contributed by atoms with Gasteiger partial charge < -0.3 is 4.90 Å². The Morgan fingerprint density at radius 3 is 2.83 bits per heavy atom.